The Bertz CT molecular complexity index is 1040. The standard InChI is InChI=1S/C20H27FN4O8/c1-11(7-21)14-8-23-18(28)25(17(14)22)20(30)19(29,16(27)15(10-26)33-20)24(31)9-12-3-5-13(32-2)6-4-12/h3-6,8,11,15-16,26-27,29-31H,7,9-10,22H2,1-2H3/t11?,15-,16-,19-,20+/m1/s1. The SMILES string of the molecule is COc1ccc(CN(O)[C@@]2(O)[C@H](O)[C@@H](CO)O[C@]2(O)n2c(N)c(C(C)CF)cnc2=O)cc1. The van der Waals surface area contributed by atoms with Gasteiger partial charge in [-0.2, -0.15) is 0 Å². The van der Waals surface area contributed by atoms with E-state index in [-0.39, 0.29) is 10.6 Å². The lowest BCUT2D eigenvalue weighted by Gasteiger charge is -2.42. The number of ether oxygens (including phenoxy) is 2. The smallest absolute Gasteiger partial charge is 0.353 e. The molecule has 1 aromatic carbocycles. The number of anilines is 1. The van der Waals surface area contributed by atoms with Crippen molar-refractivity contribution in [2.24, 2.45) is 0 Å². The normalized spacial score (nSPS) is 28.3. The van der Waals surface area contributed by atoms with E-state index >= 15 is 0 Å². The molecule has 2 aromatic rings. The minimum Gasteiger partial charge on any atom is -0.497 e. The highest BCUT2D eigenvalue weighted by molar-refractivity contribution is 5.42. The Morgan fingerprint density at radius 3 is 2.55 bits per heavy atom. The van der Waals surface area contributed by atoms with Crippen LogP contribution in [0.3, 0.4) is 0 Å². The van der Waals surface area contributed by atoms with E-state index in [9.17, 15) is 34.8 Å². The Balaban J connectivity index is 2.13. The highest BCUT2D eigenvalue weighted by Gasteiger charge is 2.70. The van der Waals surface area contributed by atoms with E-state index in [1.165, 1.54) is 14.0 Å². The molecule has 1 saturated heterocycles. The van der Waals surface area contributed by atoms with E-state index in [1.807, 2.05) is 0 Å². The van der Waals surface area contributed by atoms with E-state index in [2.05, 4.69) is 4.98 Å². The second-order valence-electron chi connectivity index (χ2n) is 7.80. The zero-order valence-corrected chi connectivity index (χ0v) is 18.0. The minimum atomic E-state index is -3.22. The molecule has 12 nitrogen and oxygen atoms in total. The van der Waals surface area contributed by atoms with Crippen molar-refractivity contribution < 1.29 is 39.5 Å². The quantitative estimate of drug-likeness (QED) is 0.202. The van der Waals surface area contributed by atoms with Gasteiger partial charge in [0, 0.05) is 17.7 Å². The largest absolute Gasteiger partial charge is 0.497 e. The summed E-state index contributed by atoms with van der Waals surface area (Å²) < 4.78 is 23.9. The van der Waals surface area contributed by atoms with Crippen molar-refractivity contribution in [3.63, 3.8) is 0 Å². The van der Waals surface area contributed by atoms with Crippen molar-refractivity contribution in [2.45, 2.75) is 43.2 Å². The molecule has 1 aromatic heterocycles. The predicted octanol–water partition coefficient (Wildman–Crippen LogP) is -1.16. The fourth-order valence-electron chi connectivity index (χ4n) is 3.75. The molecule has 5 atom stereocenters. The van der Waals surface area contributed by atoms with Crippen LogP contribution in [0.25, 0.3) is 0 Å². The number of aliphatic hydroxyl groups is 4. The topological polar surface area (TPSA) is 184 Å². The van der Waals surface area contributed by atoms with Gasteiger partial charge in [0.15, 0.2) is 0 Å². The number of nitrogens with zero attached hydrogens (tertiary/aromatic N) is 3. The van der Waals surface area contributed by atoms with Crippen LogP contribution in [0.5, 0.6) is 5.75 Å². The summed E-state index contributed by atoms with van der Waals surface area (Å²) in [6.07, 6.45) is -2.74. The number of rotatable bonds is 8. The van der Waals surface area contributed by atoms with Crippen molar-refractivity contribution in [1.29, 1.82) is 0 Å². The first-order valence-corrected chi connectivity index (χ1v) is 9.99. The number of benzene rings is 1. The van der Waals surface area contributed by atoms with Crippen molar-refractivity contribution in [3.8, 4) is 5.75 Å². The van der Waals surface area contributed by atoms with Crippen LogP contribution in [-0.4, -0.2) is 78.6 Å². The summed E-state index contributed by atoms with van der Waals surface area (Å²) in [6.45, 7) is -0.796. The van der Waals surface area contributed by atoms with Gasteiger partial charge in [-0.15, -0.1) is 5.06 Å². The first-order chi connectivity index (χ1) is 15.5. The molecule has 1 fully saturated rings. The maximum absolute atomic E-state index is 13.3. The molecule has 0 amide bonds. The summed E-state index contributed by atoms with van der Waals surface area (Å²) in [4.78, 5) is 16.2. The first kappa shape index (κ1) is 25.0. The number of aliphatic hydroxyl groups excluding tert-OH is 2. The molecular formula is C20H27FN4O8. The van der Waals surface area contributed by atoms with Gasteiger partial charge in [-0.3, -0.25) is 4.39 Å². The molecule has 0 saturated carbocycles. The van der Waals surface area contributed by atoms with Crippen LogP contribution in [0.2, 0.25) is 0 Å². The zero-order chi connectivity index (χ0) is 24.6. The van der Waals surface area contributed by atoms with Crippen LogP contribution < -0.4 is 16.2 Å². The lowest BCUT2D eigenvalue weighted by molar-refractivity contribution is -0.413. The summed E-state index contributed by atoms with van der Waals surface area (Å²) in [5.41, 5.74) is 2.10. The van der Waals surface area contributed by atoms with Crippen LogP contribution in [0, 0.1) is 0 Å². The van der Waals surface area contributed by atoms with Gasteiger partial charge in [0.1, 0.15) is 23.8 Å². The van der Waals surface area contributed by atoms with Gasteiger partial charge < -0.3 is 40.8 Å². The van der Waals surface area contributed by atoms with Crippen molar-refractivity contribution in [2.75, 3.05) is 26.1 Å². The van der Waals surface area contributed by atoms with E-state index in [0.29, 0.717) is 15.9 Å². The Morgan fingerprint density at radius 2 is 2.00 bits per heavy atom. The number of methoxy groups -OCH3 is 1. The van der Waals surface area contributed by atoms with Gasteiger partial charge in [0.05, 0.1) is 26.9 Å². The molecule has 33 heavy (non-hydrogen) atoms. The fourth-order valence-corrected chi connectivity index (χ4v) is 3.75. The number of aromatic nitrogens is 2. The molecule has 3 rings (SSSR count). The molecule has 0 aliphatic carbocycles. The molecule has 0 spiro atoms. The summed E-state index contributed by atoms with van der Waals surface area (Å²) in [6, 6.07) is 6.24. The number of hydrogen-bond acceptors (Lipinski definition) is 11. The second kappa shape index (κ2) is 9.30. The molecule has 2 heterocycles. The third kappa shape index (κ3) is 3.97. The lowest BCUT2D eigenvalue weighted by Crippen LogP contribution is -2.68. The number of nitrogen functional groups attached to an aromatic ring is 1. The fraction of sp³-hybridized carbons (Fsp3) is 0.500. The summed E-state index contributed by atoms with van der Waals surface area (Å²) >= 11 is 0. The first-order valence-electron chi connectivity index (χ1n) is 9.99. The number of nitrogens with two attached hydrogens (primary N) is 1. The monoisotopic (exact) mass is 470 g/mol. The predicted molar refractivity (Wildman–Crippen MR) is 111 cm³/mol. The molecular weight excluding hydrogens is 443 g/mol. The highest BCUT2D eigenvalue weighted by Crippen LogP contribution is 2.45. The molecule has 0 bridgehead atoms. The van der Waals surface area contributed by atoms with Crippen LogP contribution in [0.1, 0.15) is 24.0 Å². The van der Waals surface area contributed by atoms with E-state index < -0.39 is 61.1 Å². The molecule has 182 valence electrons. The Labute approximate surface area is 187 Å². The maximum atomic E-state index is 13.3. The Kier molecular flexibility index (Phi) is 7.04. The van der Waals surface area contributed by atoms with Crippen molar-refractivity contribution in [3.05, 3.63) is 52.1 Å². The third-order valence-corrected chi connectivity index (χ3v) is 5.73. The molecule has 13 heteroatoms. The van der Waals surface area contributed by atoms with Gasteiger partial charge in [0.2, 0.25) is 5.72 Å². The Morgan fingerprint density at radius 1 is 1.36 bits per heavy atom. The minimum absolute atomic E-state index is 0.0121. The number of hydrogen-bond donors (Lipinski definition) is 6. The van der Waals surface area contributed by atoms with Crippen molar-refractivity contribution in [1.82, 2.24) is 14.6 Å². The van der Waals surface area contributed by atoms with Gasteiger partial charge >= 0.3 is 11.6 Å². The number of hydroxylamine groups is 2. The molecule has 0 radical (unpaired) electrons. The molecule has 1 aliphatic rings. The third-order valence-electron chi connectivity index (χ3n) is 5.73. The maximum Gasteiger partial charge on any atom is 0.353 e. The summed E-state index contributed by atoms with van der Waals surface area (Å²) in [7, 11) is 1.46. The van der Waals surface area contributed by atoms with E-state index in [4.69, 9.17) is 15.2 Å². The average Bonchev–Trinajstić information content (AvgIpc) is 3.01. The average molecular weight is 470 g/mol. The van der Waals surface area contributed by atoms with Gasteiger partial charge in [-0.1, -0.05) is 19.1 Å². The Hall–Kier alpha value is -2.65. The molecule has 7 N–H and O–H groups in total. The summed E-state index contributed by atoms with van der Waals surface area (Å²) in [5.74, 6) is -4.05. The highest BCUT2D eigenvalue weighted by atomic mass is 19.1. The van der Waals surface area contributed by atoms with Crippen LogP contribution >= 0.6 is 0 Å². The number of halogens is 1. The number of alkyl halides is 1. The lowest BCUT2D eigenvalue weighted by atomic mass is 9.99. The van der Waals surface area contributed by atoms with Crippen LogP contribution in [0.15, 0.2) is 35.3 Å². The van der Waals surface area contributed by atoms with Gasteiger partial charge in [0.25, 0.3) is 0 Å². The van der Waals surface area contributed by atoms with Crippen LogP contribution in [-0.2, 0) is 17.2 Å². The van der Waals surface area contributed by atoms with Crippen LogP contribution in [0.4, 0.5) is 10.2 Å². The van der Waals surface area contributed by atoms with Gasteiger partial charge in [-0.25, -0.2) is 14.3 Å². The van der Waals surface area contributed by atoms with Crippen molar-refractivity contribution >= 4 is 5.82 Å². The zero-order valence-electron chi connectivity index (χ0n) is 18.0. The molecule has 1 aliphatic heterocycles. The van der Waals surface area contributed by atoms with E-state index in [1.54, 1.807) is 24.3 Å². The van der Waals surface area contributed by atoms with Gasteiger partial charge in [-0.05, 0) is 17.7 Å². The summed E-state index contributed by atoms with van der Waals surface area (Å²) in [5, 5.41) is 54.1. The van der Waals surface area contributed by atoms with E-state index in [0.717, 1.165) is 6.20 Å². The second-order valence-corrected chi connectivity index (χ2v) is 7.80. The molecule has 1 unspecified atom stereocenters.